The Labute approximate surface area is 503 Å². The number of carboxylic acid groups (broad SMARTS) is 3. The van der Waals surface area contributed by atoms with Crippen LogP contribution in [0.4, 0.5) is 11.4 Å². The number of carboxylic acids is 3. The van der Waals surface area contributed by atoms with Gasteiger partial charge >= 0.3 is 17.9 Å². The molecule has 0 heterocycles. The zero-order valence-electron chi connectivity index (χ0n) is 53.4. The molecule has 0 unspecified atom stereocenters. The Morgan fingerprint density at radius 1 is 0.310 bits per heavy atom. The molecule has 468 valence electrons. The first-order chi connectivity index (χ1) is 39.1. The molecule has 0 fully saturated rings. The fraction of sp³-hybridized carbons (Fsp3) is 0.614. The van der Waals surface area contributed by atoms with Crippen LogP contribution in [0.1, 0.15) is 243 Å². The summed E-state index contributed by atoms with van der Waals surface area (Å²) in [5.41, 5.74) is -0.867. The topological polar surface area (TPSA) is 238 Å². The van der Waals surface area contributed by atoms with Gasteiger partial charge in [-0.3, -0.25) is 43.2 Å². The third-order valence-corrected chi connectivity index (χ3v) is 16.0. The first-order valence-corrected chi connectivity index (χ1v) is 30.7. The lowest BCUT2D eigenvalue weighted by Gasteiger charge is -2.23. The Balaban J connectivity index is 0.000000646. The van der Waals surface area contributed by atoms with Crippen LogP contribution < -0.4 is 10.6 Å². The summed E-state index contributed by atoms with van der Waals surface area (Å²) in [6.45, 7) is 22.0. The van der Waals surface area contributed by atoms with Crippen molar-refractivity contribution in [3.8, 4) is 0 Å². The van der Waals surface area contributed by atoms with Gasteiger partial charge in [0.25, 0.3) is 0 Å². The van der Waals surface area contributed by atoms with Crippen molar-refractivity contribution in [1.82, 2.24) is 0 Å². The van der Waals surface area contributed by atoms with E-state index in [1.54, 1.807) is 41.5 Å². The van der Waals surface area contributed by atoms with Crippen LogP contribution in [0.15, 0.2) is 91.0 Å². The van der Waals surface area contributed by atoms with Gasteiger partial charge in [0.2, 0.25) is 11.8 Å². The second-order valence-electron chi connectivity index (χ2n) is 26.8. The Morgan fingerprint density at radius 3 is 0.786 bits per heavy atom. The van der Waals surface area contributed by atoms with Gasteiger partial charge in [-0.25, -0.2) is 0 Å². The van der Waals surface area contributed by atoms with Crippen molar-refractivity contribution < 1.29 is 58.5 Å². The van der Waals surface area contributed by atoms with Crippen LogP contribution in [0.5, 0.6) is 0 Å². The van der Waals surface area contributed by atoms with E-state index < -0.39 is 45.0 Å². The molecule has 0 aliphatic heterocycles. The maximum absolute atomic E-state index is 12.7. The lowest BCUT2D eigenvalue weighted by molar-refractivity contribution is -0.148. The molecule has 3 aromatic carbocycles. The summed E-state index contributed by atoms with van der Waals surface area (Å²) in [7, 11) is 0. The van der Waals surface area contributed by atoms with E-state index in [0.717, 1.165) is 113 Å². The number of carbonyl (C=O) groups excluding carboxylic acids is 6. The van der Waals surface area contributed by atoms with Gasteiger partial charge in [-0.15, -0.1) is 0 Å². The number of ketones is 4. The van der Waals surface area contributed by atoms with Crippen molar-refractivity contribution in [2.75, 3.05) is 10.6 Å². The van der Waals surface area contributed by atoms with Crippen LogP contribution in [-0.2, 0) is 49.6 Å². The SMILES string of the molecule is CC(C)(CCCCC(=O)CCCCC(C)(C)C(=O)Nc1ccccc1)C(=O)Cc1ccccc1.CC(C)(CCCCC(=O)CCCCC(C)(C)C(=O)Nc1ccccc1)C(=O)O.CC(C)(CCCCC(=O)CCCCC(C)(C)C(=O)O)C(=O)O. The van der Waals surface area contributed by atoms with Gasteiger partial charge in [0.15, 0.2) is 0 Å². The van der Waals surface area contributed by atoms with Crippen LogP contribution in [0, 0.1) is 32.5 Å². The van der Waals surface area contributed by atoms with Crippen LogP contribution in [0.25, 0.3) is 0 Å². The van der Waals surface area contributed by atoms with Crippen molar-refractivity contribution in [1.29, 1.82) is 0 Å². The number of Topliss-reactive ketones (excluding diaryl/α,β-unsaturated/α-hetero) is 4. The van der Waals surface area contributed by atoms with Gasteiger partial charge < -0.3 is 26.0 Å². The monoisotopic (exact) mass is 1170 g/mol. The highest BCUT2D eigenvalue weighted by Crippen LogP contribution is 2.31. The second kappa shape index (κ2) is 37.9. The van der Waals surface area contributed by atoms with E-state index in [2.05, 4.69) is 10.6 Å². The molecule has 5 N–H and O–H groups in total. The number of hydrogen-bond acceptors (Lipinski definition) is 9. The number of benzene rings is 3. The lowest BCUT2D eigenvalue weighted by atomic mass is 9.80. The molecule has 0 aliphatic rings. The minimum atomic E-state index is -0.806. The molecule has 0 saturated carbocycles. The molecule has 14 nitrogen and oxygen atoms in total. The van der Waals surface area contributed by atoms with Crippen molar-refractivity contribution in [2.24, 2.45) is 32.5 Å². The van der Waals surface area contributed by atoms with E-state index in [9.17, 15) is 43.2 Å². The molecule has 0 saturated heterocycles. The summed E-state index contributed by atoms with van der Waals surface area (Å²) < 4.78 is 0. The van der Waals surface area contributed by atoms with E-state index in [1.807, 2.05) is 133 Å². The highest BCUT2D eigenvalue weighted by molar-refractivity contribution is 5.95. The van der Waals surface area contributed by atoms with Crippen molar-refractivity contribution >= 4 is 64.2 Å². The van der Waals surface area contributed by atoms with Crippen LogP contribution in [0.3, 0.4) is 0 Å². The zero-order chi connectivity index (χ0) is 63.6. The molecule has 3 aromatic rings. The standard InChI is InChI=1S/C30H41NO3.C23H35NO4.C17H30O5/c1-29(2,27(33)23-24-15-7-5-8-16-24)21-13-11-19-26(32)20-12-14-22-30(3,4)28(34)31-25-17-9-6-10-18-25;1-22(2,20(26)24-18-12-6-5-7-13-18)16-10-8-14-19(25)15-9-11-17-23(3,4)21(27)28;1-16(2,14(19)20)11-7-5-9-13(18)10-6-8-12-17(3,4)15(21)22/h5-10,15-18H,11-14,19-23H2,1-4H3,(H,31,34);5-7,12-13H,8-11,14-17H2,1-4H3,(H,24,26)(H,27,28);5-12H2,1-4H3,(H,19,20)(H,21,22). The van der Waals surface area contributed by atoms with E-state index in [4.69, 9.17) is 15.3 Å². The highest BCUT2D eigenvalue weighted by atomic mass is 16.4. The summed E-state index contributed by atoms with van der Waals surface area (Å²) in [5.74, 6) is -1.47. The molecule has 0 aliphatic carbocycles. The number of amides is 2. The number of para-hydroxylation sites is 2. The Morgan fingerprint density at radius 2 is 0.536 bits per heavy atom. The normalized spacial score (nSPS) is 11.9. The molecule has 0 aromatic heterocycles. The number of nitrogens with one attached hydrogen (secondary N) is 2. The third kappa shape index (κ3) is 32.7. The quantitative estimate of drug-likeness (QED) is 0.0334. The van der Waals surface area contributed by atoms with Crippen molar-refractivity contribution in [2.45, 2.75) is 244 Å². The molecule has 0 atom stereocenters. The van der Waals surface area contributed by atoms with Gasteiger partial charge in [0.05, 0.1) is 16.2 Å². The predicted octanol–water partition coefficient (Wildman–Crippen LogP) is 16.5. The number of hydrogen-bond donors (Lipinski definition) is 5. The van der Waals surface area contributed by atoms with Crippen LogP contribution in [-0.4, -0.2) is 68.2 Å². The number of carbonyl (C=O) groups is 9. The van der Waals surface area contributed by atoms with Crippen molar-refractivity contribution in [3.63, 3.8) is 0 Å². The van der Waals surface area contributed by atoms with Gasteiger partial charge in [-0.1, -0.05) is 147 Å². The van der Waals surface area contributed by atoms with E-state index in [1.165, 1.54) is 0 Å². The van der Waals surface area contributed by atoms with Crippen LogP contribution >= 0.6 is 0 Å². The minimum Gasteiger partial charge on any atom is -0.481 e. The van der Waals surface area contributed by atoms with E-state index in [-0.39, 0.29) is 40.4 Å². The Hall–Kier alpha value is -6.31. The molecule has 0 bridgehead atoms. The Bertz CT molecular complexity index is 2380. The zero-order valence-corrected chi connectivity index (χ0v) is 53.4. The average molecular weight is 1170 g/mol. The fourth-order valence-electron chi connectivity index (χ4n) is 9.06. The van der Waals surface area contributed by atoms with Gasteiger partial charge in [-0.05, 0) is 148 Å². The summed E-state index contributed by atoms with van der Waals surface area (Å²) in [6.07, 6.45) is 17.0. The molecule has 0 radical (unpaired) electrons. The molecule has 14 heteroatoms. The van der Waals surface area contributed by atoms with E-state index >= 15 is 0 Å². The third-order valence-electron chi connectivity index (χ3n) is 16.0. The molecular formula is C70H106N2O12. The second-order valence-corrected chi connectivity index (χ2v) is 26.8. The summed E-state index contributed by atoms with van der Waals surface area (Å²) in [5, 5.41) is 33.0. The van der Waals surface area contributed by atoms with Gasteiger partial charge in [0, 0.05) is 72.6 Å². The molecule has 84 heavy (non-hydrogen) atoms. The minimum absolute atomic E-state index is 0.00827. The number of unbranched alkanes of at least 4 members (excludes halogenated alkanes) is 6. The number of aliphatic carboxylic acids is 3. The van der Waals surface area contributed by atoms with Gasteiger partial charge in [-0.2, -0.15) is 0 Å². The Kier molecular flexibility index (Phi) is 34.1. The fourth-order valence-corrected chi connectivity index (χ4v) is 9.06. The van der Waals surface area contributed by atoms with E-state index in [0.29, 0.717) is 64.2 Å². The maximum Gasteiger partial charge on any atom is 0.309 e. The summed E-state index contributed by atoms with van der Waals surface area (Å²) in [6, 6.07) is 28.8. The first kappa shape index (κ1) is 75.7. The largest absolute Gasteiger partial charge is 0.481 e. The molecule has 0 spiro atoms. The van der Waals surface area contributed by atoms with Gasteiger partial charge in [0.1, 0.15) is 23.1 Å². The summed E-state index contributed by atoms with van der Waals surface area (Å²) >= 11 is 0. The molecule has 2 amide bonds. The van der Waals surface area contributed by atoms with Crippen LogP contribution in [0.2, 0.25) is 0 Å². The predicted molar refractivity (Wildman–Crippen MR) is 337 cm³/mol. The lowest BCUT2D eigenvalue weighted by Crippen LogP contribution is -2.30. The smallest absolute Gasteiger partial charge is 0.309 e. The number of anilines is 2. The maximum atomic E-state index is 12.7. The van der Waals surface area contributed by atoms with Crippen molar-refractivity contribution in [3.05, 3.63) is 96.6 Å². The summed E-state index contributed by atoms with van der Waals surface area (Å²) in [4.78, 5) is 107. The highest BCUT2D eigenvalue weighted by Gasteiger charge is 2.31. The molecule has 3 rings (SSSR count). The average Bonchev–Trinajstić information content (AvgIpc) is 3.50. The number of rotatable bonds is 40. The molecular weight excluding hydrogens is 1060 g/mol. The first-order valence-electron chi connectivity index (χ1n) is 30.7.